The third-order valence-electron chi connectivity index (χ3n) is 3.20. The highest BCUT2D eigenvalue weighted by Gasteiger charge is 2.35. The van der Waals surface area contributed by atoms with Crippen LogP contribution in [0.25, 0.3) is 0 Å². The number of rotatable bonds is 5. The molecular weight excluding hydrogens is 238 g/mol. The Morgan fingerprint density at radius 2 is 1.94 bits per heavy atom. The molecule has 1 rings (SSSR count). The van der Waals surface area contributed by atoms with E-state index in [-0.39, 0.29) is 12.5 Å². The Morgan fingerprint density at radius 3 is 2.44 bits per heavy atom. The van der Waals surface area contributed by atoms with Crippen LogP contribution in [-0.2, 0) is 9.59 Å². The molecule has 7 heteroatoms. The molecule has 0 bridgehead atoms. The maximum atomic E-state index is 12.0. The quantitative estimate of drug-likeness (QED) is 0.466. The molecule has 0 spiro atoms. The van der Waals surface area contributed by atoms with E-state index in [2.05, 4.69) is 10.6 Å². The van der Waals surface area contributed by atoms with Gasteiger partial charge in [0.25, 0.3) is 0 Å². The smallest absolute Gasteiger partial charge is 0.334 e. The molecule has 1 amide bonds. The van der Waals surface area contributed by atoms with Crippen LogP contribution in [0, 0.1) is 0 Å². The van der Waals surface area contributed by atoms with Crippen LogP contribution in [0.1, 0.15) is 13.8 Å². The third-order valence-corrected chi connectivity index (χ3v) is 3.20. The van der Waals surface area contributed by atoms with Crippen LogP contribution in [0.5, 0.6) is 0 Å². The molecule has 18 heavy (non-hydrogen) atoms. The fourth-order valence-electron chi connectivity index (χ4n) is 1.86. The number of hydrogen-bond donors (Lipinski definition) is 4. The van der Waals surface area contributed by atoms with Gasteiger partial charge in [-0.3, -0.25) is 9.69 Å². The Hall–Kier alpha value is -1.18. The summed E-state index contributed by atoms with van der Waals surface area (Å²) in [7, 11) is 0. The number of piperazine rings is 1. The second-order valence-electron chi connectivity index (χ2n) is 4.86. The van der Waals surface area contributed by atoms with Gasteiger partial charge in [-0.15, -0.1) is 0 Å². The van der Waals surface area contributed by atoms with Gasteiger partial charge in [0.15, 0.2) is 6.10 Å². The number of nitrogens with one attached hydrogen (secondary N) is 2. The molecular formula is C11H21N3O4. The van der Waals surface area contributed by atoms with Crippen molar-refractivity contribution in [3.8, 4) is 0 Å². The zero-order valence-electron chi connectivity index (χ0n) is 10.8. The van der Waals surface area contributed by atoms with Crippen LogP contribution in [0.15, 0.2) is 0 Å². The summed E-state index contributed by atoms with van der Waals surface area (Å²) in [6, 6.07) is 0. The molecule has 1 saturated heterocycles. The molecule has 1 fully saturated rings. The third kappa shape index (κ3) is 3.66. The van der Waals surface area contributed by atoms with Crippen LogP contribution in [0.2, 0.25) is 0 Å². The summed E-state index contributed by atoms with van der Waals surface area (Å²) in [6.07, 6.45) is -1.56. The number of aliphatic carboxylic acids is 1. The van der Waals surface area contributed by atoms with Crippen molar-refractivity contribution in [1.82, 2.24) is 15.5 Å². The van der Waals surface area contributed by atoms with Gasteiger partial charge in [0, 0.05) is 26.2 Å². The number of hydrogen-bond acceptors (Lipinski definition) is 5. The molecule has 7 nitrogen and oxygen atoms in total. The zero-order valence-corrected chi connectivity index (χ0v) is 10.8. The Labute approximate surface area is 106 Å². The van der Waals surface area contributed by atoms with Gasteiger partial charge in [-0.1, -0.05) is 0 Å². The predicted molar refractivity (Wildman–Crippen MR) is 65.2 cm³/mol. The lowest BCUT2D eigenvalue weighted by Gasteiger charge is -2.39. The maximum absolute atomic E-state index is 12.0. The maximum Gasteiger partial charge on any atom is 0.334 e. The van der Waals surface area contributed by atoms with Crippen molar-refractivity contribution in [2.75, 3.05) is 32.7 Å². The van der Waals surface area contributed by atoms with E-state index in [1.165, 1.54) is 0 Å². The highest BCUT2D eigenvalue weighted by atomic mass is 16.4. The minimum Gasteiger partial charge on any atom is -0.479 e. The monoisotopic (exact) mass is 259 g/mol. The first kappa shape index (κ1) is 14.9. The van der Waals surface area contributed by atoms with Crippen LogP contribution in [-0.4, -0.2) is 71.4 Å². The molecule has 1 atom stereocenters. The number of nitrogens with zero attached hydrogens (tertiary/aromatic N) is 1. The Kier molecular flexibility index (Phi) is 5.06. The molecule has 0 aromatic heterocycles. The summed E-state index contributed by atoms with van der Waals surface area (Å²) in [5, 5.41) is 23.3. The van der Waals surface area contributed by atoms with Gasteiger partial charge in [0.1, 0.15) is 0 Å². The van der Waals surface area contributed by atoms with E-state index >= 15 is 0 Å². The number of amides is 1. The van der Waals surface area contributed by atoms with E-state index in [4.69, 9.17) is 10.2 Å². The molecule has 4 N–H and O–H groups in total. The lowest BCUT2D eigenvalue weighted by molar-refractivity contribution is -0.146. The molecule has 0 radical (unpaired) electrons. The fraction of sp³-hybridized carbons (Fsp3) is 0.818. The molecule has 1 aliphatic rings. The van der Waals surface area contributed by atoms with E-state index in [1.54, 1.807) is 13.8 Å². The van der Waals surface area contributed by atoms with Gasteiger partial charge >= 0.3 is 5.97 Å². The molecule has 0 aliphatic carbocycles. The van der Waals surface area contributed by atoms with Gasteiger partial charge in [-0.25, -0.2) is 4.79 Å². The lowest BCUT2D eigenvalue weighted by atomic mass is 10.0. The summed E-state index contributed by atoms with van der Waals surface area (Å²) < 4.78 is 0. The summed E-state index contributed by atoms with van der Waals surface area (Å²) in [4.78, 5) is 24.5. The fourth-order valence-corrected chi connectivity index (χ4v) is 1.86. The number of aliphatic hydroxyl groups excluding tert-OH is 1. The average molecular weight is 259 g/mol. The first-order chi connectivity index (χ1) is 8.35. The van der Waals surface area contributed by atoms with Gasteiger partial charge in [-0.05, 0) is 13.8 Å². The SMILES string of the molecule is CC(C)(C(=O)NC[C@H](O)C(=O)O)N1CCNCC1. The summed E-state index contributed by atoms with van der Waals surface area (Å²) in [6.45, 7) is 6.50. The number of carboxylic acid groups (broad SMARTS) is 1. The number of carbonyl (C=O) groups excluding carboxylic acids is 1. The topological polar surface area (TPSA) is 102 Å². The van der Waals surface area contributed by atoms with Crippen LogP contribution < -0.4 is 10.6 Å². The molecule has 0 unspecified atom stereocenters. The van der Waals surface area contributed by atoms with E-state index < -0.39 is 17.6 Å². The largest absolute Gasteiger partial charge is 0.479 e. The molecule has 0 aromatic carbocycles. The van der Waals surface area contributed by atoms with Crippen molar-refractivity contribution in [3.05, 3.63) is 0 Å². The Morgan fingerprint density at radius 1 is 1.39 bits per heavy atom. The number of carbonyl (C=O) groups is 2. The second kappa shape index (κ2) is 6.12. The number of carboxylic acids is 1. The highest BCUT2D eigenvalue weighted by molar-refractivity contribution is 5.86. The standard InChI is InChI=1S/C11H21N3O4/c1-11(2,14-5-3-12-4-6-14)10(18)13-7-8(15)9(16)17/h8,12,15H,3-7H2,1-2H3,(H,13,18)(H,16,17)/t8-/m0/s1. The summed E-state index contributed by atoms with van der Waals surface area (Å²) >= 11 is 0. The van der Waals surface area contributed by atoms with Crippen LogP contribution >= 0.6 is 0 Å². The van der Waals surface area contributed by atoms with Gasteiger partial charge in [-0.2, -0.15) is 0 Å². The second-order valence-corrected chi connectivity index (χ2v) is 4.86. The number of aliphatic hydroxyl groups is 1. The van der Waals surface area contributed by atoms with Crippen molar-refractivity contribution >= 4 is 11.9 Å². The predicted octanol–water partition coefficient (Wildman–Crippen LogP) is -1.77. The first-order valence-electron chi connectivity index (χ1n) is 6.00. The van der Waals surface area contributed by atoms with Crippen LogP contribution in [0.4, 0.5) is 0 Å². The minimum absolute atomic E-state index is 0.273. The van der Waals surface area contributed by atoms with Crippen LogP contribution in [0.3, 0.4) is 0 Å². The van der Waals surface area contributed by atoms with Crippen molar-refractivity contribution in [1.29, 1.82) is 0 Å². The van der Waals surface area contributed by atoms with Crippen molar-refractivity contribution in [3.63, 3.8) is 0 Å². The Bertz CT molecular complexity index is 313. The van der Waals surface area contributed by atoms with E-state index in [1.807, 2.05) is 4.90 Å². The molecule has 1 heterocycles. The van der Waals surface area contributed by atoms with E-state index in [0.717, 1.165) is 26.2 Å². The van der Waals surface area contributed by atoms with Gasteiger partial charge in [0.05, 0.1) is 12.1 Å². The highest BCUT2D eigenvalue weighted by Crippen LogP contribution is 2.15. The summed E-state index contributed by atoms with van der Waals surface area (Å²) in [5.74, 6) is -1.61. The van der Waals surface area contributed by atoms with Crippen molar-refractivity contribution in [2.45, 2.75) is 25.5 Å². The molecule has 1 aliphatic heterocycles. The molecule has 104 valence electrons. The lowest BCUT2D eigenvalue weighted by Crippen LogP contribution is -2.60. The van der Waals surface area contributed by atoms with Gasteiger partial charge < -0.3 is 20.8 Å². The molecule has 0 saturated carbocycles. The van der Waals surface area contributed by atoms with E-state index in [9.17, 15) is 9.59 Å². The van der Waals surface area contributed by atoms with Crippen molar-refractivity contribution in [2.24, 2.45) is 0 Å². The Balaban J connectivity index is 2.50. The normalized spacial score (nSPS) is 19.3. The summed E-state index contributed by atoms with van der Waals surface area (Å²) in [5.41, 5.74) is -0.708. The van der Waals surface area contributed by atoms with Gasteiger partial charge in [0.2, 0.25) is 5.91 Å². The first-order valence-corrected chi connectivity index (χ1v) is 6.00. The average Bonchev–Trinajstić information content (AvgIpc) is 2.36. The molecule has 0 aromatic rings. The minimum atomic E-state index is -1.56. The van der Waals surface area contributed by atoms with Crippen molar-refractivity contribution < 1.29 is 19.8 Å². The zero-order chi connectivity index (χ0) is 13.8. The van der Waals surface area contributed by atoms with E-state index in [0.29, 0.717) is 0 Å².